The SMILES string of the molecule is Cc1c(CN(C)C(=O)C=Cc2cnc3c(c2)OCC(=O)N3)n(C)c2ccccc12. The van der Waals surface area contributed by atoms with Gasteiger partial charge in [0, 0.05) is 43.0 Å². The molecule has 7 nitrogen and oxygen atoms in total. The number of benzene rings is 1. The summed E-state index contributed by atoms with van der Waals surface area (Å²) in [6.07, 6.45) is 4.80. The predicted molar refractivity (Wildman–Crippen MR) is 112 cm³/mol. The first-order chi connectivity index (χ1) is 13.9. The Bertz CT molecular complexity index is 1110. The highest BCUT2D eigenvalue weighted by Gasteiger charge is 2.17. The first-order valence-electron chi connectivity index (χ1n) is 9.33. The van der Waals surface area contributed by atoms with Gasteiger partial charge in [0.15, 0.2) is 18.2 Å². The maximum Gasteiger partial charge on any atom is 0.263 e. The molecule has 1 aliphatic heterocycles. The van der Waals surface area contributed by atoms with Crippen LogP contribution in [0.1, 0.15) is 16.8 Å². The molecule has 2 aromatic heterocycles. The fourth-order valence-electron chi connectivity index (χ4n) is 3.52. The van der Waals surface area contributed by atoms with Crippen LogP contribution in [0.15, 0.2) is 42.6 Å². The Kier molecular flexibility index (Phi) is 4.80. The number of aromatic nitrogens is 2. The van der Waals surface area contributed by atoms with Gasteiger partial charge in [-0.05, 0) is 36.3 Å². The highest BCUT2D eigenvalue weighted by atomic mass is 16.5. The zero-order valence-electron chi connectivity index (χ0n) is 16.6. The quantitative estimate of drug-likeness (QED) is 0.695. The molecule has 4 rings (SSSR count). The second-order valence-corrected chi connectivity index (χ2v) is 7.13. The molecular formula is C22H22N4O3. The standard InChI is InChI=1S/C22H22N4O3/c1-14-16-6-4-5-7-17(16)26(3)18(14)12-25(2)21(28)9-8-15-10-19-22(23-11-15)24-20(27)13-29-19/h4-11H,12-13H2,1-3H3,(H,23,24,27). The van der Waals surface area contributed by atoms with E-state index in [0.717, 1.165) is 16.8 Å². The van der Waals surface area contributed by atoms with E-state index in [9.17, 15) is 9.59 Å². The van der Waals surface area contributed by atoms with Crippen LogP contribution in [-0.4, -0.2) is 39.9 Å². The van der Waals surface area contributed by atoms with E-state index in [4.69, 9.17) is 4.74 Å². The Hall–Kier alpha value is -3.61. The summed E-state index contributed by atoms with van der Waals surface area (Å²) in [4.78, 5) is 29.8. The fourth-order valence-corrected chi connectivity index (χ4v) is 3.52. The number of nitrogens with one attached hydrogen (secondary N) is 1. The maximum absolute atomic E-state index is 12.6. The number of anilines is 1. The van der Waals surface area contributed by atoms with Crippen molar-refractivity contribution in [1.82, 2.24) is 14.5 Å². The fraction of sp³-hybridized carbons (Fsp3) is 0.227. The number of carbonyl (C=O) groups excluding carboxylic acids is 2. The molecule has 148 valence electrons. The van der Waals surface area contributed by atoms with Gasteiger partial charge in [-0.15, -0.1) is 0 Å². The molecule has 0 saturated carbocycles. The van der Waals surface area contributed by atoms with E-state index in [0.29, 0.717) is 18.1 Å². The van der Waals surface area contributed by atoms with E-state index in [1.165, 1.54) is 17.0 Å². The molecule has 0 radical (unpaired) electrons. The van der Waals surface area contributed by atoms with Crippen molar-refractivity contribution < 1.29 is 14.3 Å². The minimum Gasteiger partial charge on any atom is -0.480 e. The van der Waals surface area contributed by atoms with Gasteiger partial charge < -0.3 is 19.5 Å². The van der Waals surface area contributed by atoms with Crippen LogP contribution in [0.25, 0.3) is 17.0 Å². The number of hydrogen-bond donors (Lipinski definition) is 1. The number of amides is 2. The highest BCUT2D eigenvalue weighted by Crippen LogP contribution is 2.27. The van der Waals surface area contributed by atoms with Gasteiger partial charge in [-0.3, -0.25) is 9.59 Å². The molecule has 1 aliphatic rings. The van der Waals surface area contributed by atoms with Crippen molar-refractivity contribution in [2.45, 2.75) is 13.5 Å². The molecule has 3 heterocycles. The van der Waals surface area contributed by atoms with Crippen LogP contribution in [0.4, 0.5) is 5.82 Å². The van der Waals surface area contributed by atoms with Gasteiger partial charge in [-0.25, -0.2) is 4.98 Å². The average molecular weight is 390 g/mol. The number of fused-ring (bicyclic) bond motifs is 2. The van der Waals surface area contributed by atoms with Crippen molar-refractivity contribution >= 4 is 34.6 Å². The number of carbonyl (C=O) groups is 2. The van der Waals surface area contributed by atoms with Crippen LogP contribution in [0.2, 0.25) is 0 Å². The van der Waals surface area contributed by atoms with Gasteiger partial charge in [0.1, 0.15) is 0 Å². The third kappa shape index (κ3) is 3.59. The van der Waals surface area contributed by atoms with E-state index in [1.54, 1.807) is 30.3 Å². The Balaban J connectivity index is 1.48. The van der Waals surface area contributed by atoms with Crippen molar-refractivity contribution in [3.8, 4) is 5.75 Å². The molecule has 0 fully saturated rings. The monoisotopic (exact) mass is 390 g/mol. The molecule has 1 N–H and O–H groups in total. The molecule has 0 spiro atoms. The summed E-state index contributed by atoms with van der Waals surface area (Å²) in [5.41, 5.74) is 4.17. The van der Waals surface area contributed by atoms with Gasteiger partial charge in [-0.2, -0.15) is 0 Å². The van der Waals surface area contributed by atoms with Crippen LogP contribution < -0.4 is 10.1 Å². The van der Waals surface area contributed by atoms with E-state index < -0.39 is 0 Å². The second kappa shape index (κ2) is 7.43. The lowest BCUT2D eigenvalue weighted by Gasteiger charge is -2.17. The smallest absolute Gasteiger partial charge is 0.263 e. The number of nitrogens with zero attached hydrogens (tertiary/aromatic N) is 3. The molecule has 0 unspecified atom stereocenters. The van der Waals surface area contributed by atoms with E-state index >= 15 is 0 Å². The minimum atomic E-state index is -0.228. The normalized spacial score (nSPS) is 13.3. The lowest BCUT2D eigenvalue weighted by Crippen LogP contribution is -2.26. The third-order valence-corrected chi connectivity index (χ3v) is 5.18. The van der Waals surface area contributed by atoms with Gasteiger partial charge in [0.25, 0.3) is 5.91 Å². The first-order valence-corrected chi connectivity index (χ1v) is 9.33. The lowest BCUT2D eigenvalue weighted by atomic mass is 10.1. The minimum absolute atomic E-state index is 0.0338. The van der Waals surface area contributed by atoms with Crippen molar-refractivity contribution in [2.75, 3.05) is 19.0 Å². The Labute approximate surface area is 168 Å². The molecule has 0 aliphatic carbocycles. The number of ether oxygens (including phenoxy) is 1. The number of likely N-dealkylation sites (N-methyl/N-ethyl adjacent to an activating group) is 1. The third-order valence-electron chi connectivity index (χ3n) is 5.18. The summed E-state index contributed by atoms with van der Waals surface area (Å²) in [5, 5.41) is 3.84. The summed E-state index contributed by atoms with van der Waals surface area (Å²) in [6, 6.07) is 9.98. The van der Waals surface area contributed by atoms with Crippen molar-refractivity contribution in [1.29, 1.82) is 0 Å². The summed E-state index contributed by atoms with van der Waals surface area (Å²) in [5.74, 6) is 0.557. The zero-order valence-corrected chi connectivity index (χ0v) is 16.6. The summed E-state index contributed by atoms with van der Waals surface area (Å²) < 4.78 is 7.49. The average Bonchev–Trinajstić information content (AvgIpc) is 2.97. The summed E-state index contributed by atoms with van der Waals surface area (Å²) in [7, 11) is 3.81. The molecule has 0 saturated heterocycles. The maximum atomic E-state index is 12.6. The van der Waals surface area contributed by atoms with Crippen LogP contribution in [-0.2, 0) is 23.2 Å². The number of aryl methyl sites for hydroxylation is 2. The summed E-state index contributed by atoms with van der Waals surface area (Å²) >= 11 is 0. The predicted octanol–water partition coefficient (Wildman–Crippen LogP) is 2.88. The molecule has 1 aromatic carbocycles. The largest absolute Gasteiger partial charge is 0.480 e. The summed E-state index contributed by atoms with van der Waals surface area (Å²) in [6.45, 7) is 2.56. The number of para-hydroxylation sites is 1. The molecule has 29 heavy (non-hydrogen) atoms. The van der Waals surface area contributed by atoms with Gasteiger partial charge in [0.05, 0.1) is 6.54 Å². The van der Waals surface area contributed by atoms with Crippen LogP contribution in [0, 0.1) is 6.92 Å². The highest BCUT2D eigenvalue weighted by molar-refractivity contribution is 5.95. The Morgan fingerprint density at radius 1 is 1.38 bits per heavy atom. The zero-order chi connectivity index (χ0) is 20.5. The molecular weight excluding hydrogens is 368 g/mol. The van der Waals surface area contributed by atoms with Crippen LogP contribution in [0.5, 0.6) is 5.75 Å². The Morgan fingerprint density at radius 3 is 2.97 bits per heavy atom. The van der Waals surface area contributed by atoms with Gasteiger partial charge >= 0.3 is 0 Å². The van der Waals surface area contributed by atoms with Gasteiger partial charge in [-0.1, -0.05) is 18.2 Å². The number of rotatable bonds is 4. The second-order valence-electron chi connectivity index (χ2n) is 7.13. The molecule has 3 aromatic rings. The number of pyridine rings is 1. The van der Waals surface area contributed by atoms with E-state index in [2.05, 4.69) is 33.9 Å². The van der Waals surface area contributed by atoms with E-state index in [-0.39, 0.29) is 18.4 Å². The molecule has 0 atom stereocenters. The molecule has 2 amide bonds. The van der Waals surface area contributed by atoms with Crippen LogP contribution >= 0.6 is 0 Å². The van der Waals surface area contributed by atoms with Gasteiger partial charge in [0.2, 0.25) is 5.91 Å². The first kappa shape index (κ1) is 18.7. The van der Waals surface area contributed by atoms with Crippen molar-refractivity contribution in [3.63, 3.8) is 0 Å². The van der Waals surface area contributed by atoms with Crippen molar-refractivity contribution in [2.24, 2.45) is 7.05 Å². The van der Waals surface area contributed by atoms with Crippen LogP contribution in [0.3, 0.4) is 0 Å². The Morgan fingerprint density at radius 2 is 2.17 bits per heavy atom. The van der Waals surface area contributed by atoms with E-state index in [1.807, 2.05) is 19.2 Å². The lowest BCUT2D eigenvalue weighted by molar-refractivity contribution is -0.125. The molecule has 7 heteroatoms. The number of hydrogen-bond acceptors (Lipinski definition) is 4. The van der Waals surface area contributed by atoms with Crippen molar-refractivity contribution in [3.05, 3.63) is 59.4 Å². The topological polar surface area (TPSA) is 76.5 Å². The molecule has 0 bridgehead atoms.